The molecular weight excluding hydrogens is 341 g/mol. The molecule has 12 heteroatoms. The van der Waals surface area contributed by atoms with Crippen LogP contribution in [0.1, 0.15) is 20.3 Å². The molecule has 0 aliphatic carbocycles. The van der Waals surface area contributed by atoms with Crippen molar-refractivity contribution in [2.24, 2.45) is 10.3 Å². The van der Waals surface area contributed by atoms with Crippen molar-refractivity contribution >= 4 is 17.2 Å². The largest absolute Gasteiger partial charge is 0.460 e. The predicted molar refractivity (Wildman–Crippen MR) is 57.0 cm³/mol. The maximum absolute atomic E-state index is 13.0. The van der Waals surface area contributed by atoms with Crippen LogP contribution in [0.15, 0.2) is 4.40 Å². The summed E-state index contributed by atoms with van der Waals surface area (Å²) in [5, 5.41) is -6.19. The maximum Gasteiger partial charge on any atom is 0.460 e. The average molecular weight is 351 g/mol. The normalized spacial score (nSPS) is 16.8. The van der Waals surface area contributed by atoms with Gasteiger partial charge in [-0.2, -0.15) is 43.9 Å². The van der Waals surface area contributed by atoms with E-state index in [9.17, 15) is 43.7 Å². The van der Waals surface area contributed by atoms with E-state index < -0.39 is 34.3 Å². The van der Waals surface area contributed by atoms with Crippen molar-refractivity contribution in [3.8, 4) is 0 Å². The van der Waals surface area contributed by atoms with E-state index in [4.69, 9.17) is 0 Å². The second-order valence-electron chi connectivity index (χ2n) is 4.33. The molecule has 1 unspecified atom stereocenters. The highest BCUT2D eigenvalue weighted by Crippen LogP contribution is 2.54. The molecule has 0 N–H and O–H groups in total. The zero-order valence-corrected chi connectivity index (χ0v) is 11.3. The summed E-state index contributed by atoms with van der Waals surface area (Å²) in [4.78, 5) is 0. The Kier molecular flexibility index (Phi) is 5.89. The Morgan fingerprint density at radius 1 is 0.952 bits per heavy atom. The van der Waals surface area contributed by atoms with Crippen LogP contribution in [0.3, 0.4) is 0 Å². The summed E-state index contributed by atoms with van der Waals surface area (Å²) in [7, 11) is -4.29. The smallest absolute Gasteiger partial charge is 0.228 e. The molecule has 0 aliphatic rings. The molecule has 0 radical (unpaired) electrons. The zero-order chi connectivity index (χ0) is 17.3. The first-order valence-corrected chi connectivity index (χ1v) is 6.34. The summed E-state index contributed by atoms with van der Waals surface area (Å²) in [5.41, 5.74) is 0. The molecular formula is C9H10F9NOS. The van der Waals surface area contributed by atoms with Gasteiger partial charge in [-0.15, -0.1) is 0 Å². The first-order chi connectivity index (χ1) is 9.09. The fourth-order valence-electron chi connectivity index (χ4n) is 0.858. The lowest BCUT2D eigenvalue weighted by Crippen LogP contribution is -2.61. The van der Waals surface area contributed by atoms with Gasteiger partial charge in [0, 0.05) is 6.21 Å². The molecule has 126 valence electrons. The minimum absolute atomic E-state index is 0.108. The van der Waals surface area contributed by atoms with Gasteiger partial charge in [0.25, 0.3) is 0 Å². The van der Waals surface area contributed by atoms with Gasteiger partial charge in [-0.1, -0.05) is 13.8 Å². The Labute approximate surface area is 116 Å². The predicted octanol–water partition coefficient (Wildman–Crippen LogP) is 4.19. The molecule has 0 amide bonds. The molecule has 0 spiro atoms. The van der Waals surface area contributed by atoms with Crippen LogP contribution >= 0.6 is 0 Å². The van der Waals surface area contributed by atoms with Gasteiger partial charge in [0.05, 0.1) is 0 Å². The van der Waals surface area contributed by atoms with Gasteiger partial charge < -0.3 is 0 Å². The van der Waals surface area contributed by atoms with Crippen molar-refractivity contribution in [3.63, 3.8) is 0 Å². The Hall–Kier alpha value is -0.810. The zero-order valence-electron chi connectivity index (χ0n) is 10.5. The average Bonchev–Trinajstić information content (AvgIpc) is 2.26. The van der Waals surface area contributed by atoms with E-state index in [0.29, 0.717) is 6.21 Å². The lowest BCUT2D eigenvalue weighted by atomic mass is 10.1. The van der Waals surface area contributed by atoms with Crippen LogP contribution in [0.5, 0.6) is 0 Å². The summed E-state index contributed by atoms with van der Waals surface area (Å²) in [6.45, 7) is 3.08. The van der Waals surface area contributed by atoms with Crippen LogP contribution in [0.25, 0.3) is 0 Å². The lowest BCUT2D eigenvalue weighted by Gasteiger charge is -2.31. The quantitative estimate of drug-likeness (QED) is 0.521. The molecule has 0 aliphatic heterocycles. The Morgan fingerprint density at radius 2 is 1.38 bits per heavy atom. The van der Waals surface area contributed by atoms with Crippen molar-refractivity contribution in [2.45, 2.75) is 43.5 Å². The summed E-state index contributed by atoms with van der Waals surface area (Å²) in [5.74, 6) is -14.2. The van der Waals surface area contributed by atoms with Crippen molar-refractivity contribution < 1.29 is 43.7 Å². The summed E-state index contributed by atoms with van der Waals surface area (Å²) in [6, 6.07) is 0. The minimum Gasteiger partial charge on any atom is -0.228 e. The van der Waals surface area contributed by atoms with E-state index in [-0.39, 0.29) is 12.3 Å². The second-order valence-corrected chi connectivity index (χ2v) is 5.55. The van der Waals surface area contributed by atoms with Crippen LogP contribution < -0.4 is 0 Å². The third-order valence-corrected chi connectivity index (χ3v) is 3.12. The van der Waals surface area contributed by atoms with Gasteiger partial charge in [-0.3, -0.25) is 0 Å². The van der Waals surface area contributed by atoms with Crippen LogP contribution in [-0.2, 0) is 11.0 Å². The minimum atomic E-state index is -7.06. The van der Waals surface area contributed by atoms with E-state index in [1.807, 2.05) is 0 Å². The van der Waals surface area contributed by atoms with E-state index in [1.165, 1.54) is 0 Å². The monoisotopic (exact) mass is 351 g/mol. The lowest BCUT2D eigenvalue weighted by molar-refractivity contribution is -0.381. The summed E-state index contributed by atoms with van der Waals surface area (Å²) in [6.07, 6.45) is -6.55. The first-order valence-electron chi connectivity index (χ1n) is 5.23. The Bertz CT molecular complexity index is 416. The van der Waals surface area contributed by atoms with E-state index in [2.05, 4.69) is 4.40 Å². The van der Waals surface area contributed by atoms with Crippen LogP contribution in [-0.4, -0.2) is 33.7 Å². The molecule has 0 aromatic heterocycles. The number of nitrogens with zero attached hydrogens (tertiary/aromatic N) is 1. The number of halogens is 9. The van der Waals surface area contributed by atoms with Gasteiger partial charge in [0.2, 0.25) is 11.0 Å². The molecule has 0 rings (SSSR count). The second kappa shape index (κ2) is 6.13. The summed E-state index contributed by atoms with van der Waals surface area (Å²) < 4.78 is 125. The van der Waals surface area contributed by atoms with Crippen molar-refractivity contribution in [1.82, 2.24) is 0 Å². The third-order valence-electron chi connectivity index (χ3n) is 2.08. The highest BCUT2D eigenvalue weighted by Gasteiger charge is 2.83. The van der Waals surface area contributed by atoms with E-state index >= 15 is 0 Å². The number of hydrogen-bond acceptors (Lipinski definition) is 1. The molecule has 1 atom stereocenters. The van der Waals surface area contributed by atoms with Gasteiger partial charge in [-0.05, 0) is 12.3 Å². The molecule has 0 aromatic carbocycles. The number of hydrogen-bond donors (Lipinski definition) is 0. The summed E-state index contributed by atoms with van der Waals surface area (Å²) >= 11 is 0. The van der Waals surface area contributed by atoms with Gasteiger partial charge in [-0.25, -0.2) is 4.21 Å². The van der Waals surface area contributed by atoms with Gasteiger partial charge in [0.1, 0.15) is 0 Å². The molecule has 21 heavy (non-hydrogen) atoms. The molecule has 0 heterocycles. The van der Waals surface area contributed by atoms with Crippen molar-refractivity contribution in [1.29, 1.82) is 0 Å². The Balaban J connectivity index is 5.48. The van der Waals surface area contributed by atoms with Crippen molar-refractivity contribution in [2.75, 3.05) is 0 Å². The fourth-order valence-corrected chi connectivity index (χ4v) is 1.56. The van der Waals surface area contributed by atoms with Crippen LogP contribution in [0.2, 0.25) is 0 Å². The first kappa shape index (κ1) is 20.2. The van der Waals surface area contributed by atoms with Gasteiger partial charge in [0.15, 0.2) is 0 Å². The SMILES string of the molecule is CC(C)C/C=N/S(=O)C(F)(F)C(F)(F)C(F)(F)C(F)(F)F. The van der Waals surface area contributed by atoms with Crippen LogP contribution in [0.4, 0.5) is 39.5 Å². The molecule has 0 fully saturated rings. The molecule has 0 saturated heterocycles. The van der Waals surface area contributed by atoms with Gasteiger partial charge >= 0.3 is 23.3 Å². The maximum atomic E-state index is 13.0. The topological polar surface area (TPSA) is 29.4 Å². The standard InChI is InChI=1S/C9H10F9NOS/c1-5(2)3-4-19-21(20)9(17,18)7(12,13)6(10,11)8(14,15)16/h4-5H,3H2,1-2H3/b19-4+. The third kappa shape index (κ3) is 3.89. The molecule has 0 saturated carbocycles. The van der Waals surface area contributed by atoms with E-state index in [1.54, 1.807) is 13.8 Å². The molecule has 0 bridgehead atoms. The number of alkyl halides is 9. The fraction of sp³-hybridized carbons (Fsp3) is 0.889. The Morgan fingerprint density at radius 3 is 1.71 bits per heavy atom. The van der Waals surface area contributed by atoms with Crippen molar-refractivity contribution in [3.05, 3.63) is 0 Å². The molecule has 2 nitrogen and oxygen atoms in total. The van der Waals surface area contributed by atoms with Crippen LogP contribution in [0, 0.1) is 5.92 Å². The number of rotatable bonds is 6. The van der Waals surface area contributed by atoms with E-state index in [0.717, 1.165) is 0 Å². The highest BCUT2D eigenvalue weighted by atomic mass is 32.2. The highest BCUT2D eigenvalue weighted by molar-refractivity contribution is 7.85. The molecule has 0 aromatic rings.